The molecule has 164 valence electrons. The SMILES string of the molecule is Cn1cc(-c2nc3cnccc3nc2N2CC[C@H](Oc3ccc(F)cc3F)[C@H](F)C2)cn1. The van der Waals surface area contributed by atoms with E-state index in [4.69, 9.17) is 14.7 Å². The molecule has 0 bridgehead atoms. The van der Waals surface area contributed by atoms with Crippen LogP contribution in [0.25, 0.3) is 22.3 Å². The number of rotatable bonds is 4. The first-order valence-electron chi connectivity index (χ1n) is 10.1. The van der Waals surface area contributed by atoms with Crippen molar-refractivity contribution < 1.29 is 17.9 Å². The minimum Gasteiger partial charge on any atom is -0.484 e. The summed E-state index contributed by atoms with van der Waals surface area (Å²) in [6.45, 7) is 0.415. The molecule has 10 heteroatoms. The number of aryl methyl sites for hydroxylation is 1. The van der Waals surface area contributed by atoms with E-state index in [0.717, 1.165) is 17.7 Å². The van der Waals surface area contributed by atoms with Gasteiger partial charge in [0, 0.05) is 44.0 Å². The largest absolute Gasteiger partial charge is 0.484 e. The zero-order chi connectivity index (χ0) is 22.2. The van der Waals surface area contributed by atoms with Gasteiger partial charge in [-0.15, -0.1) is 0 Å². The number of halogens is 3. The molecule has 1 aliphatic heterocycles. The normalized spacial score (nSPS) is 18.8. The molecule has 1 aliphatic rings. The summed E-state index contributed by atoms with van der Waals surface area (Å²) in [6, 6.07) is 4.73. The Kier molecular flexibility index (Phi) is 5.12. The number of fused-ring (bicyclic) bond motifs is 1. The Hall–Kier alpha value is -3.69. The fourth-order valence-electron chi connectivity index (χ4n) is 3.80. The molecule has 1 fully saturated rings. The maximum absolute atomic E-state index is 15.1. The van der Waals surface area contributed by atoms with Crippen LogP contribution in [0.15, 0.2) is 49.1 Å². The second kappa shape index (κ2) is 8.10. The summed E-state index contributed by atoms with van der Waals surface area (Å²) < 4.78 is 49.3. The monoisotopic (exact) mass is 440 g/mol. The molecule has 5 rings (SSSR count). The minimum atomic E-state index is -1.41. The van der Waals surface area contributed by atoms with Gasteiger partial charge in [0.15, 0.2) is 23.6 Å². The number of aromatic nitrogens is 5. The molecule has 3 aromatic heterocycles. The van der Waals surface area contributed by atoms with Crippen molar-refractivity contribution in [2.24, 2.45) is 7.05 Å². The Labute approximate surface area is 181 Å². The molecule has 0 saturated carbocycles. The van der Waals surface area contributed by atoms with Crippen LogP contribution in [-0.4, -0.2) is 50.1 Å². The molecule has 7 nitrogen and oxygen atoms in total. The molecule has 0 spiro atoms. The lowest BCUT2D eigenvalue weighted by Crippen LogP contribution is -2.47. The summed E-state index contributed by atoms with van der Waals surface area (Å²) in [5, 5.41) is 4.21. The molecule has 1 aromatic carbocycles. The zero-order valence-corrected chi connectivity index (χ0v) is 17.1. The Balaban J connectivity index is 1.43. The van der Waals surface area contributed by atoms with E-state index in [9.17, 15) is 8.78 Å². The van der Waals surface area contributed by atoms with Crippen molar-refractivity contribution in [1.82, 2.24) is 24.7 Å². The molecule has 0 aliphatic carbocycles. The lowest BCUT2D eigenvalue weighted by molar-refractivity contribution is 0.0783. The minimum absolute atomic E-state index is 0.00792. The van der Waals surface area contributed by atoms with Gasteiger partial charge < -0.3 is 9.64 Å². The summed E-state index contributed by atoms with van der Waals surface area (Å²) in [6.07, 6.45) is 4.77. The highest BCUT2D eigenvalue weighted by Crippen LogP contribution is 2.32. The van der Waals surface area contributed by atoms with Gasteiger partial charge in [0.1, 0.15) is 23.1 Å². The number of piperidine rings is 1. The maximum Gasteiger partial charge on any atom is 0.167 e. The van der Waals surface area contributed by atoms with E-state index in [1.54, 1.807) is 41.3 Å². The van der Waals surface area contributed by atoms with Gasteiger partial charge in [-0.25, -0.2) is 23.1 Å². The van der Waals surface area contributed by atoms with E-state index >= 15 is 4.39 Å². The molecular formula is C22H19F3N6O. The summed E-state index contributed by atoms with van der Waals surface area (Å²) in [5.41, 5.74) is 2.60. The molecule has 2 atom stereocenters. The standard InChI is InChI=1S/C22H19F3N6O/c1-30-11-13(9-27-30)21-22(29-17-4-6-26-10-18(17)28-21)31-7-5-20(16(25)12-31)32-19-3-2-14(23)8-15(19)24/h2-4,6,8-11,16,20H,5,7,12H2,1H3/t16-,20+/m1/s1. The fraction of sp³-hybridized carbons (Fsp3) is 0.273. The quantitative estimate of drug-likeness (QED) is 0.482. The summed E-state index contributed by atoms with van der Waals surface area (Å²) in [7, 11) is 1.80. The Morgan fingerprint density at radius 2 is 1.97 bits per heavy atom. The Morgan fingerprint density at radius 3 is 2.72 bits per heavy atom. The Morgan fingerprint density at radius 1 is 1.09 bits per heavy atom. The maximum atomic E-state index is 15.1. The zero-order valence-electron chi connectivity index (χ0n) is 17.1. The van der Waals surface area contributed by atoms with Crippen molar-refractivity contribution in [1.29, 1.82) is 0 Å². The van der Waals surface area contributed by atoms with Gasteiger partial charge in [0.05, 0.1) is 24.5 Å². The van der Waals surface area contributed by atoms with Crippen LogP contribution in [0.3, 0.4) is 0 Å². The third kappa shape index (κ3) is 3.83. The van der Waals surface area contributed by atoms with Crippen LogP contribution in [0.1, 0.15) is 6.42 Å². The second-order valence-electron chi connectivity index (χ2n) is 7.64. The number of anilines is 1. The van der Waals surface area contributed by atoms with Crippen LogP contribution in [0.5, 0.6) is 5.75 Å². The van der Waals surface area contributed by atoms with Crippen LogP contribution in [0, 0.1) is 11.6 Å². The highest BCUT2D eigenvalue weighted by Gasteiger charge is 2.33. The predicted octanol–water partition coefficient (Wildman–Crippen LogP) is 3.70. The van der Waals surface area contributed by atoms with E-state index in [2.05, 4.69) is 10.1 Å². The summed E-state index contributed by atoms with van der Waals surface area (Å²) in [5.74, 6) is -1.20. The third-order valence-corrected chi connectivity index (χ3v) is 5.38. The van der Waals surface area contributed by atoms with Crippen molar-refractivity contribution in [2.75, 3.05) is 18.0 Å². The fourth-order valence-corrected chi connectivity index (χ4v) is 3.80. The van der Waals surface area contributed by atoms with E-state index in [1.165, 1.54) is 6.07 Å². The first-order chi connectivity index (χ1) is 15.5. The average Bonchev–Trinajstić information content (AvgIpc) is 3.22. The van der Waals surface area contributed by atoms with E-state index in [0.29, 0.717) is 35.5 Å². The molecule has 4 aromatic rings. The van der Waals surface area contributed by atoms with Gasteiger partial charge in [-0.05, 0) is 18.2 Å². The van der Waals surface area contributed by atoms with Crippen molar-refractivity contribution in [3.8, 4) is 17.0 Å². The van der Waals surface area contributed by atoms with Crippen LogP contribution in [-0.2, 0) is 7.05 Å². The van der Waals surface area contributed by atoms with Crippen molar-refractivity contribution in [2.45, 2.75) is 18.7 Å². The lowest BCUT2D eigenvalue weighted by atomic mass is 10.0. The molecule has 0 amide bonds. The number of alkyl halides is 1. The van der Waals surface area contributed by atoms with E-state index < -0.39 is 23.9 Å². The van der Waals surface area contributed by atoms with Crippen LogP contribution >= 0.6 is 0 Å². The van der Waals surface area contributed by atoms with Gasteiger partial charge in [-0.1, -0.05) is 0 Å². The smallest absolute Gasteiger partial charge is 0.167 e. The van der Waals surface area contributed by atoms with Crippen LogP contribution in [0.4, 0.5) is 19.0 Å². The lowest BCUT2D eigenvalue weighted by Gasteiger charge is -2.36. The van der Waals surface area contributed by atoms with E-state index in [1.807, 2.05) is 6.20 Å². The van der Waals surface area contributed by atoms with Gasteiger partial charge >= 0.3 is 0 Å². The predicted molar refractivity (Wildman–Crippen MR) is 112 cm³/mol. The molecule has 4 heterocycles. The third-order valence-electron chi connectivity index (χ3n) is 5.38. The first-order valence-corrected chi connectivity index (χ1v) is 10.1. The van der Waals surface area contributed by atoms with Gasteiger partial charge in [-0.2, -0.15) is 5.10 Å². The number of benzene rings is 1. The molecule has 0 radical (unpaired) electrons. The van der Waals surface area contributed by atoms with Crippen LogP contribution < -0.4 is 9.64 Å². The summed E-state index contributed by atoms with van der Waals surface area (Å²) >= 11 is 0. The van der Waals surface area contributed by atoms with Crippen LogP contribution in [0.2, 0.25) is 0 Å². The number of nitrogens with zero attached hydrogens (tertiary/aromatic N) is 6. The number of hydrogen-bond donors (Lipinski definition) is 0. The highest BCUT2D eigenvalue weighted by atomic mass is 19.1. The van der Waals surface area contributed by atoms with Gasteiger partial charge in [0.25, 0.3) is 0 Å². The van der Waals surface area contributed by atoms with Crippen molar-refractivity contribution in [3.63, 3.8) is 0 Å². The number of pyridine rings is 1. The number of hydrogen-bond acceptors (Lipinski definition) is 6. The number of ether oxygens (including phenoxy) is 1. The topological polar surface area (TPSA) is 69.0 Å². The van der Waals surface area contributed by atoms with Gasteiger partial charge in [0.2, 0.25) is 0 Å². The highest BCUT2D eigenvalue weighted by molar-refractivity contribution is 5.82. The Bertz CT molecular complexity index is 1280. The molecule has 0 unspecified atom stereocenters. The average molecular weight is 440 g/mol. The second-order valence-corrected chi connectivity index (χ2v) is 7.64. The van der Waals surface area contributed by atoms with Gasteiger partial charge in [-0.3, -0.25) is 9.67 Å². The van der Waals surface area contributed by atoms with Crippen molar-refractivity contribution >= 4 is 16.9 Å². The molecule has 1 saturated heterocycles. The molecule has 32 heavy (non-hydrogen) atoms. The first kappa shape index (κ1) is 20.2. The van der Waals surface area contributed by atoms with E-state index in [-0.39, 0.29) is 12.3 Å². The molecular weight excluding hydrogens is 421 g/mol. The molecule has 0 N–H and O–H groups in total. The summed E-state index contributed by atoms with van der Waals surface area (Å²) in [4.78, 5) is 15.3. The van der Waals surface area contributed by atoms with Crippen molar-refractivity contribution in [3.05, 3.63) is 60.7 Å².